The van der Waals surface area contributed by atoms with Gasteiger partial charge in [0.2, 0.25) is 5.91 Å². The third kappa shape index (κ3) is 2.61. The Kier molecular flexibility index (Phi) is 3.81. The van der Waals surface area contributed by atoms with Gasteiger partial charge in [-0.2, -0.15) is 0 Å². The van der Waals surface area contributed by atoms with Crippen LogP contribution in [0.5, 0.6) is 0 Å². The summed E-state index contributed by atoms with van der Waals surface area (Å²) in [6, 6.07) is 3.94. The highest BCUT2D eigenvalue weighted by Crippen LogP contribution is 2.26. The lowest BCUT2D eigenvalue weighted by Gasteiger charge is -2.17. The average Bonchev–Trinajstić information content (AvgIpc) is 2.81. The molecule has 0 radical (unpaired) electrons. The minimum absolute atomic E-state index is 0.0355. The lowest BCUT2D eigenvalue weighted by Crippen LogP contribution is -2.29. The van der Waals surface area contributed by atoms with Crippen molar-refractivity contribution in [3.05, 3.63) is 24.0 Å². The van der Waals surface area contributed by atoms with Gasteiger partial charge >= 0.3 is 0 Å². The van der Waals surface area contributed by atoms with E-state index in [-0.39, 0.29) is 23.6 Å². The average molecular weight is 252 g/mol. The number of hydrogen-bond donors (Lipinski definition) is 2. The first-order valence-electron chi connectivity index (χ1n) is 6.09. The zero-order chi connectivity index (χ0) is 13.1. The van der Waals surface area contributed by atoms with Crippen molar-refractivity contribution in [1.82, 2.24) is 0 Å². The van der Waals surface area contributed by atoms with Crippen LogP contribution in [0, 0.1) is 11.7 Å². The van der Waals surface area contributed by atoms with Crippen molar-refractivity contribution in [2.24, 2.45) is 5.92 Å². The van der Waals surface area contributed by atoms with E-state index in [0.717, 1.165) is 6.42 Å². The van der Waals surface area contributed by atoms with Crippen LogP contribution in [0.3, 0.4) is 0 Å². The summed E-state index contributed by atoms with van der Waals surface area (Å²) in [5.41, 5.74) is 6.33. The smallest absolute Gasteiger partial charge is 0.230 e. The van der Waals surface area contributed by atoms with Crippen LogP contribution in [0.4, 0.5) is 15.8 Å². The van der Waals surface area contributed by atoms with Crippen molar-refractivity contribution in [2.75, 3.05) is 17.7 Å². The summed E-state index contributed by atoms with van der Waals surface area (Å²) in [5.74, 6) is -0.682. The van der Waals surface area contributed by atoms with Gasteiger partial charge in [0.1, 0.15) is 5.82 Å². The molecule has 2 atom stereocenters. The minimum Gasteiger partial charge on any atom is -0.397 e. The Labute approximate surface area is 105 Å². The topological polar surface area (TPSA) is 64.3 Å². The third-order valence-corrected chi connectivity index (χ3v) is 3.22. The molecular weight excluding hydrogens is 235 g/mol. The highest BCUT2D eigenvalue weighted by Gasteiger charge is 2.32. The van der Waals surface area contributed by atoms with Crippen LogP contribution >= 0.6 is 0 Å². The summed E-state index contributed by atoms with van der Waals surface area (Å²) in [4.78, 5) is 12.1. The van der Waals surface area contributed by atoms with Crippen LogP contribution in [-0.2, 0) is 9.53 Å². The molecule has 0 aromatic heterocycles. The quantitative estimate of drug-likeness (QED) is 0.810. The van der Waals surface area contributed by atoms with Crippen LogP contribution in [0.15, 0.2) is 18.2 Å². The van der Waals surface area contributed by atoms with Gasteiger partial charge in [0.05, 0.1) is 23.4 Å². The van der Waals surface area contributed by atoms with Gasteiger partial charge in [-0.05, 0) is 31.0 Å². The zero-order valence-electron chi connectivity index (χ0n) is 10.3. The number of benzene rings is 1. The Hall–Kier alpha value is -1.62. The SMILES string of the molecule is CCC1OCCC1C(=O)Nc1ccc(F)cc1N. The molecule has 1 fully saturated rings. The molecule has 0 saturated carbocycles. The molecule has 1 heterocycles. The fraction of sp³-hybridized carbons (Fsp3) is 0.462. The van der Waals surface area contributed by atoms with E-state index in [1.807, 2.05) is 6.92 Å². The number of nitrogen functional groups attached to an aromatic ring is 1. The van der Waals surface area contributed by atoms with Crippen LogP contribution in [0.2, 0.25) is 0 Å². The second-order valence-corrected chi connectivity index (χ2v) is 4.43. The first-order chi connectivity index (χ1) is 8.61. The van der Waals surface area contributed by atoms with Crippen molar-refractivity contribution in [2.45, 2.75) is 25.9 Å². The molecule has 1 aromatic rings. The number of anilines is 2. The second-order valence-electron chi connectivity index (χ2n) is 4.43. The number of carbonyl (C=O) groups is 1. The number of hydrogen-bond acceptors (Lipinski definition) is 3. The van der Waals surface area contributed by atoms with Gasteiger partial charge in [0.25, 0.3) is 0 Å². The van der Waals surface area contributed by atoms with Crippen molar-refractivity contribution >= 4 is 17.3 Å². The summed E-state index contributed by atoms with van der Waals surface area (Å²) < 4.78 is 18.4. The van der Waals surface area contributed by atoms with Crippen LogP contribution < -0.4 is 11.1 Å². The van der Waals surface area contributed by atoms with Crippen LogP contribution in [0.25, 0.3) is 0 Å². The number of nitrogens with two attached hydrogens (primary N) is 1. The van der Waals surface area contributed by atoms with Crippen molar-refractivity contribution < 1.29 is 13.9 Å². The van der Waals surface area contributed by atoms with E-state index < -0.39 is 5.82 Å². The third-order valence-electron chi connectivity index (χ3n) is 3.22. The molecule has 3 N–H and O–H groups in total. The molecule has 1 aliphatic heterocycles. The molecule has 0 bridgehead atoms. The molecule has 98 valence electrons. The lowest BCUT2D eigenvalue weighted by atomic mass is 9.98. The first kappa shape index (κ1) is 12.8. The highest BCUT2D eigenvalue weighted by molar-refractivity contribution is 5.95. The standard InChI is InChI=1S/C13H17FN2O2/c1-2-12-9(5-6-18-12)13(17)16-11-4-3-8(14)7-10(11)15/h3-4,7,9,12H,2,5-6,15H2,1H3,(H,16,17). The fourth-order valence-corrected chi connectivity index (χ4v) is 2.22. The fourth-order valence-electron chi connectivity index (χ4n) is 2.22. The second kappa shape index (κ2) is 5.35. The van der Waals surface area contributed by atoms with Gasteiger partial charge in [-0.1, -0.05) is 6.92 Å². The van der Waals surface area contributed by atoms with Crippen molar-refractivity contribution in [3.63, 3.8) is 0 Å². The van der Waals surface area contributed by atoms with E-state index in [1.54, 1.807) is 0 Å². The Morgan fingerprint density at radius 2 is 2.39 bits per heavy atom. The maximum atomic E-state index is 12.9. The molecule has 1 amide bonds. The summed E-state index contributed by atoms with van der Waals surface area (Å²) in [6.07, 6.45) is 1.48. The normalized spacial score (nSPS) is 23.0. The van der Waals surface area contributed by atoms with E-state index in [0.29, 0.717) is 18.7 Å². The monoisotopic (exact) mass is 252 g/mol. The summed E-state index contributed by atoms with van der Waals surface area (Å²) in [5, 5.41) is 2.73. The number of nitrogens with one attached hydrogen (secondary N) is 1. The van der Waals surface area contributed by atoms with Crippen molar-refractivity contribution in [1.29, 1.82) is 0 Å². The van der Waals surface area contributed by atoms with Crippen molar-refractivity contribution in [3.8, 4) is 0 Å². The predicted molar refractivity (Wildman–Crippen MR) is 67.6 cm³/mol. The molecule has 0 spiro atoms. The van der Waals surface area contributed by atoms with E-state index in [4.69, 9.17) is 10.5 Å². The Morgan fingerprint density at radius 3 is 3.06 bits per heavy atom. The molecular formula is C13H17FN2O2. The number of carbonyl (C=O) groups excluding carboxylic acids is 1. The molecule has 2 rings (SSSR count). The summed E-state index contributed by atoms with van der Waals surface area (Å²) in [7, 11) is 0. The molecule has 0 aliphatic carbocycles. The van der Waals surface area contributed by atoms with E-state index in [2.05, 4.69) is 5.32 Å². The zero-order valence-corrected chi connectivity index (χ0v) is 10.3. The van der Waals surface area contributed by atoms with E-state index in [9.17, 15) is 9.18 Å². The largest absolute Gasteiger partial charge is 0.397 e. The van der Waals surface area contributed by atoms with Gasteiger partial charge in [-0.3, -0.25) is 4.79 Å². The number of halogens is 1. The highest BCUT2D eigenvalue weighted by atomic mass is 19.1. The molecule has 2 unspecified atom stereocenters. The maximum Gasteiger partial charge on any atom is 0.230 e. The maximum absolute atomic E-state index is 12.9. The van der Waals surface area contributed by atoms with Gasteiger partial charge < -0.3 is 15.8 Å². The van der Waals surface area contributed by atoms with Gasteiger partial charge in [-0.15, -0.1) is 0 Å². The number of ether oxygens (including phenoxy) is 1. The Bertz CT molecular complexity index is 451. The minimum atomic E-state index is -0.416. The molecule has 1 saturated heterocycles. The van der Waals surface area contributed by atoms with Gasteiger partial charge in [0, 0.05) is 6.61 Å². The van der Waals surface area contributed by atoms with Crippen LogP contribution in [-0.4, -0.2) is 18.6 Å². The van der Waals surface area contributed by atoms with Gasteiger partial charge in [-0.25, -0.2) is 4.39 Å². The Morgan fingerprint density at radius 1 is 1.61 bits per heavy atom. The summed E-state index contributed by atoms with van der Waals surface area (Å²) in [6.45, 7) is 2.60. The molecule has 4 nitrogen and oxygen atoms in total. The Balaban J connectivity index is 2.07. The molecule has 1 aromatic carbocycles. The number of rotatable bonds is 3. The van der Waals surface area contributed by atoms with E-state index >= 15 is 0 Å². The van der Waals surface area contributed by atoms with Gasteiger partial charge in [0.15, 0.2) is 0 Å². The first-order valence-corrected chi connectivity index (χ1v) is 6.09. The summed E-state index contributed by atoms with van der Waals surface area (Å²) >= 11 is 0. The van der Waals surface area contributed by atoms with Crippen LogP contribution in [0.1, 0.15) is 19.8 Å². The van der Waals surface area contributed by atoms with E-state index in [1.165, 1.54) is 18.2 Å². The predicted octanol–water partition coefficient (Wildman–Crippen LogP) is 2.16. The number of amides is 1. The molecule has 1 aliphatic rings. The molecule has 5 heteroatoms. The molecule has 18 heavy (non-hydrogen) atoms. The lowest BCUT2D eigenvalue weighted by molar-refractivity contribution is -0.121.